The highest BCUT2D eigenvalue weighted by Crippen LogP contribution is 2.25. The second-order valence-electron chi connectivity index (χ2n) is 18.0. The molecule has 6 atom stereocenters. The molecule has 66 heavy (non-hydrogen) atoms. The molecule has 0 saturated carbocycles. The average Bonchev–Trinajstić information content (AvgIpc) is 4.04. The van der Waals surface area contributed by atoms with E-state index >= 15 is 0 Å². The van der Waals surface area contributed by atoms with Crippen LogP contribution in [0.5, 0.6) is 0 Å². The quantitative estimate of drug-likeness (QED) is 0.0494. The van der Waals surface area contributed by atoms with Gasteiger partial charge in [0.15, 0.2) is 0 Å². The fourth-order valence-corrected chi connectivity index (χ4v) is 8.83. The van der Waals surface area contributed by atoms with E-state index in [9.17, 15) is 40.0 Å². The third-order valence-electron chi connectivity index (χ3n) is 12.0. The Hall–Kier alpha value is -6.06. The highest BCUT2D eigenvalue weighted by atomic mass is 16.6. The molecule has 6 rings (SSSR count). The van der Waals surface area contributed by atoms with Gasteiger partial charge in [0.1, 0.15) is 0 Å². The zero-order chi connectivity index (χ0) is 47.6. The predicted octanol–water partition coefficient (Wildman–Crippen LogP) is 8.56. The molecule has 4 aromatic rings. The van der Waals surface area contributed by atoms with Crippen LogP contribution >= 0.6 is 0 Å². The molecule has 2 aliphatic rings. The van der Waals surface area contributed by atoms with Gasteiger partial charge in [0.05, 0.1) is 34.1 Å². The number of carbonyl (C=O) groups excluding carboxylic acids is 2. The molecule has 4 aromatic carbocycles. The summed E-state index contributed by atoms with van der Waals surface area (Å²) in [6, 6.07) is 29.8. The third kappa shape index (κ3) is 15.5. The maximum Gasteiger partial charge on any atom is 0.269 e. The summed E-state index contributed by atoms with van der Waals surface area (Å²) in [4.78, 5) is 51.5. The molecule has 2 saturated heterocycles. The van der Waals surface area contributed by atoms with Crippen molar-refractivity contribution in [3.63, 3.8) is 0 Å². The van der Waals surface area contributed by atoms with Crippen LogP contribution in [0.4, 0.5) is 11.4 Å². The van der Waals surface area contributed by atoms with Gasteiger partial charge in [-0.3, -0.25) is 39.6 Å². The van der Waals surface area contributed by atoms with Gasteiger partial charge in [-0.2, -0.15) is 0 Å². The summed E-state index contributed by atoms with van der Waals surface area (Å²) >= 11 is 0. The summed E-state index contributed by atoms with van der Waals surface area (Å²) in [7, 11) is 0. The van der Waals surface area contributed by atoms with Crippen molar-refractivity contribution in [2.75, 3.05) is 26.2 Å². The topological polar surface area (TPSA) is 191 Å². The number of rotatable bonds is 20. The minimum absolute atomic E-state index is 0.0540. The Bertz CT molecular complexity index is 2030. The molecule has 2 heterocycles. The monoisotopic (exact) mass is 902 g/mol. The van der Waals surface area contributed by atoms with Crippen LogP contribution in [0.2, 0.25) is 0 Å². The van der Waals surface area contributed by atoms with Gasteiger partial charge in [0, 0.05) is 47.5 Å². The van der Waals surface area contributed by atoms with E-state index in [0.29, 0.717) is 35.8 Å². The summed E-state index contributed by atoms with van der Waals surface area (Å²) in [5, 5.41) is 50.6. The molecule has 0 unspecified atom stereocenters. The predicted molar refractivity (Wildman–Crippen MR) is 260 cm³/mol. The smallest absolute Gasteiger partial charge is 0.269 e. The number of nitro groups is 2. The molecule has 0 spiro atoms. The Morgan fingerprint density at radius 2 is 0.879 bits per heavy atom. The van der Waals surface area contributed by atoms with Crippen molar-refractivity contribution in [1.29, 1.82) is 0 Å². The fourth-order valence-electron chi connectivity index (χ4n) is 8.83. The van der Waals surface area contributed by atoms with Gasteiger partial charge < -0.3 is 20.8 Å². The number of nitro benzene ring substituents is 2. The zero-order valence-electron chi connectivity index (χ0n) is 38.5. The van der Waals surface area contributed by atoms with E-state index in [-0.39, 0.29) is 47.4 Å². The number of amides is 2. The molecular weight excluding hydrogens is 837 g/mol. The van der Waals surface area contributed by atoms with Crippen molar-refractivity contribution < 1.29 is 29.6 Å². The number of likely N-dealkylation sites (tertiary alicyclic amines) is 2. The Balaban J connectivity index is 0.000000247. The van der Waals surface area contributed by atoms with Crippen molar-refractivity contribution in [3.05, 3.63) is 164 Å². The largest absolute Gasteiger partial charge is 0.387 e. The molecule has 14 heteroatoms. The van der Waals surface area contributed by atoms with E-state index in [1.165, 1.54) is 48.5 Å². The Labute approximate surface area is 388 Å². The lowest BCUT2D eigenvalue weighted by molar-refractivity contribution is -0.385. The van der Waals surface area contributed by atoms with Gasteiger partial charge in [-0.15, -0.1) is 0 Å². The summed E-state index contributed by atoms with van der Waals surface area (Å²) in [5.41, 5.74) is 2.63. The third-order valence-corrected chi connectivity index (χ3v) is 12.0. The van der Waals surface area contributed by atoms with Gasteiger partial charge in [-0.1, -0.05) is 113 Å². The summed E-state index contributed by atoms with van der Waals surface area (Å²) in [5.74, 6) is 0.0306. The van der Waals surface area contributed by atoms with E-state index < -0.39 is 22.1 Å². The van der Waals surface area contributed by atoms with Crippen molar-refractivity contribution in [2.45, 2.75) is 103 Å². The standard InChI is InChI=1S/2C26H33N3O4/c2*1-19(2)18-23(27-26(31)21-11-13-22(14-12-21)29(32)33)25(28-16-6-7-17-28)24(30)15-10-20-8-4-3-5-9-20/h2*3-5,8-15,19,23-25,30H,6-7,16-18H2,1-2H3,(H,27,31)/b2*15-10+/t2*23-,24-,25-/m00/s1. The first-order valence-corrected chi connectivity index (χ1v) is 23.1. The minimum atomic E-state index is -0.760. The van der Waals surface area contributed by atoms with Crippen LogP contribution in [0.1, 0.15) is 98.1 Å². The van der Waals surface area contributed by atoms with Gasteiger partial charge in [0.25, 0.3) is 23.2 Å². The van der Waals surface area contributed by atoms with Crippen LogP contribution in [0.15, 0.2) is 121 Å². The average molecular weight is 903 g/mol. The molecule has 0 radical (unpaired) electrons. The first kappa shape index (κ1) is 50.9. The lowest BCUT2D eigenvalue weighted by Gasteiger charge is -2.38. The fraction of sp³-hybridized carbons (Fsp3) is 0.423. The molecule has 2 fully saturated rings. The summed E-state index contributed by atoms with van der Waals surface area (Å²) in [6.07, 6.45) is 11.6. The van der Waals surface area contributed by atoms with Crippen molar-refractivity contribution in [1.82, 2.24) is 20.4 Å². The lowest BCUT2D eigenvalue weighted by atomic mass is 9.91. The van der Waals surface area contributed by atoms with Crippen LogP contribution in [-0.2, 0) is 0 Å². The Kier molecular flexibility index (Phi) is 19.7. The van der Waals surface area contributed by atoms with Gasteiger partial charge in [0.2, 0.25) is 0 Å². The van der Waals surface area contributed by atoms with Gasteiger partial charge in [-0.25, -0.2) is 0 Å². The zero-order valence-corrected chi connectivity index (χ0v) is 38.5. The highest BCUT2D eigenvalue weighted by molar-refractivity contribution is 5.95. The van der Waals surface area contributed by atoms with Gasteiger partial charge in [-0.05, 0) is 112 Å². The highest BCUT2D eigenvalue weighted by Gasteiger charge is 2.37. The molecule has 4 N–H and O–H groups in total. The number of benzene rings is 4. The van der Waals surface area contributed by atoms with Crippen molar-refractivity contribution >= 4 is 35.3 Å². The second kappa shape index (κ2) is 25.6. The van der Waals surface area contributed by atoms with Crippen LogP contribution < -0.4 is 10.6 Å². The molecule has 352 valence electrons. The number of carbonyl (C=O) groups is 2. The van der Waals surface area contributed by atoms with Crippen LogP contribution in [0.3, 0.4) is 0 Å². The van der Waals surface area contributed by atoms with Crippen LogP contribution in [0, 0.1) is 32.1 Å². The Morgan fingerprint density at radius 3 is 1.17 bits per heavy atom. The number of hydrogen-bond acceptors (Lipinski definition) is 10. The van der Waals surface area contributed by atoms with E-state index in [1.807, 2.05) is 85.0 Å². The number of hydrogen-bond donors (Lipinski definition) is 4. The van der Waals surface area contributed by atoms with Crippen LogP contribution in [-0.4, -0.2) is 104 Å². The second-order valence-corrected chi connectivity index (χ2v) is 18.0. The molecule has 14 nitrogen and oxygen atoms in total. The number of nitrogens with one attached hydrogen (secondary N) is 2. The molecule has 0 aliphatic carbocycles. The van der Waals surface area contributed by atoms with E-state index in [4.69, 9.17) is 0 Å². The molecule has 2 amide bonds. The first-order valence-electron chi connectivity index (χ1n) is 23.1. The minimum Gasteiger partial charge on any atom is -0.387 e. The molecular formula is C52H66N6O8. The number of non-ortho nitro benzene ring substituents is 2. The molecule has 0 aromatic heterocycles. The maximum absolute atomic E-state index is 13.0. The number of aliphatic hydroxyl groups excluding tert-OH is 2. The molecule has 0 bridgehead atoms. The maximum atomic E-state index is 13.0. The molecule has 2 aliphatic heterocycles. The van der Waals surface area contributed by atoms with E-state index in [1.54, 1.807) is 0 Å². The van der Waals surface area contributed by atoms with Gasteiger partial charge >= 0.3 is 0 Å². The lowest BCUT2D eigenvalue weighted by Crippen LogP contribution is -2.56. The first-order chi connectivity index (χ1) is 31.7. The van der Waals surface area contributed by atoms with E-state index in [2.05, 4.69) is 48.1 Å². The summed E-state index contributed by atoms with van der Waals surface area (Å²) < 4.78 is 0. The SMILES string of the molecule is CC(C)C[C@H](NC(=O)c1ccc([N+](=O)[O-])cc1)[C@@H]([C@@H](O)/C=C/c1ccccc1)N1CCCC1.CC(C)C[C@H](NC(=O)c1ccc([N+](=O)[O-])cc1)[C@@H]([C@@H](O)/C=C/c1ccccc1)N1CCCC1. The Morgan fingerprint density at radius 1 is 0.561 bits per heavy atom. The normalized spacial score (nSPS) is 17.2. The summed E-state index contributed by atoms with van der Waals surface area (Å²) in [6.45, 7) is 11.9. The van der Waals surface area contributed by atoms with E-state index in [0.717, 1.165) is 63.0 Å². The van der Waals surface area contributed by atoms with Crippen molar-refractivity contribution in [3.8, 4) is 0 Å². The number of aliphatic hydroxyl groups is 2. The number of nitrogens with zero attached hydrogens (tertiary/aromatic N) is 4. The van der Waals surface area contributed by atoms with Crippen molar-refractivity contribution in [2.24, 2.45) is 11.8 Å². The van der Waals surface area contributed by atoms with Crippen LogP contribution in [0.25, 0.3) is 12.2 Å².